The third-order valence-corrected chi connectivity index (χ3v) is 3.04. The van der Waals surface area contributed by atoms with Crippen LogP contribution in [0.1, 0.15) is 40.0 Å². The largest absolute Gasteiger partial charge is 0.324 e. The molecular formula is C12H21N. The van der Waals surface area contributed by atoms with Crippen molar-refractivity contribution in [3.05, 3.63) is 23.3 Å². The van der Waals surface area contributed by atoms with Crippen LogP contribution >= 0.6 is 0 Å². The van der Waals surface area contributed by atoms with Crippen molar-refractivity contribution in [2.45, 2.75) is 46.1 Å². The van der Waals surface area contributed by atoms with Gasteiger partial charge >= 0.3 is 0 Å². The summed E-state index contributed by atoms with van der Waals surface area (Å²) in [6.07, 6.45) is 7.91. The molecule has 2 N–H and O–H groups in total. The van der Waals surface area contributed by atoms with Crippen LogP contribution in [0.4, 0.5) is 0 Å². The van der Waals surface area contributed by atoms with E-state index in [0.29, 0.717) is 0 Å². The van der Waals surface area contributed by atoms with Gasteiger partial charge in [-0.05, 0) is 37.7 Å². The van der Waals surface area contributed by atoms with Crippen molar-refractivity contribution in [3.63, 3.8) is 0 Å². The van der Waals surface area contributed by atoms with E-state index in [4.69, 9.17) is 5.73 Å². The molecule has 1 nitrogen and oxygen atoms in total. The molecule has 0 aliphatic heterocycles. The molecule has 0 amide bonds. The third-order valence-electron chi connectivity index (χ3n) is 3.04. The summed E-state index contributed by atoms with van der Waals surface area (Å²) in [4.78, 5) is 0. The van der Waals surface area contributed by atoms with Gasteiger partial charge in [0.05, 0.1) is 0 Å². The summed E-state index contributed by atoms with van der Waals surface area (Å²) in [5.74, 6) is 0.719. The van der Waals surface area contributed by atoms with Crippen molar-refractivity contribution >= 4 is 0 Å². The van der Waals surface area contributed by atoms with Crippen LogP contribution < -0.4 is 5.73 Å². The Morgan fingerprint density at radius 3 is 2.77 bits per heavy atom. The van der Waals surface area contributed by atoms with E-state index in [2.05, 4.69) is 32.9 Å². The van der Waals surface area contributed by atoms with Crippen molar-refractivity contribution in [2.75, 3.05) is 0 Å². The fourth-order valence-electron chi connectivity index (χ4n) is 1.88. The molecule has 0 radical (unpaired) electrons. The van der Waals surface area contributed by atoms with E-state index in [1.54, 1.807) is 0 Å². The monoisotopic (exact) mass is 179 g/mol. The van der Waals surface area contributed by atoms with E-state index in [0.717, 1.165) is 18.8 Å². The average molecular weight is 179 g/mol. The Morgan fingerprint density at radius 2 is 2.15 bits per heavy atom. The lowest BCUT2D eigenvalue weighted by Crippen LogP contribution is -2.28. The molecule has 0 aromatic carbocycles. The lowest BCUT2D eigenvalue weighted by molar-refractivity contribution is 0.502. The van der Waals surface area contributed by atoms with Gasteiger partial charge < -0.3 is 5.73 Å². The van der Waals surface area contributed by atoms with Crippen LogP contribution in [0.3, 0.4) is 0 Å². The number of hydrogen-bond acceptors (Lipinski definition) is 1. The lowest BCUT2D eigenvalue weighted by atomic mass is 9.82. The Morgan fingerprint density at radius 1 is 1.46 bits per heavy atom. The highest BCUT2D eigenvalue weighted by Crippen LogP contribution is 2.29. The topological polar surface area (TPSA) is 26.0 Å². The highest BCUT2D eigenvalue weighted by atomic mass is 14.6. The van der Waals surface area contributed by atoms with E-state index < -0.39 is 0 Å². The molecule has 0 spiro atoms. The van der Waals surface area contributed by atoms with Crippen molar-refractivity contribution in [1.29, 1.82) is 0 Å². The van der Waals surface area contributed by atoms with Gasteiger partial charge in [0.15, 0.2) is 0 Å². The highest BCUT2D eigenvalue weighted by molar-refractivity contribution is 5.32. The first-order chi connectivity index (χ1) is 6.16. The molecule has 0 heterocycles. The number of allylic oxidation sites excluding steroid dienone is 2. The second-order valence-corrected chi connectivity index (χ2v) is 4.03. The Kier molecular flexibility index (Phi) is 3.73. The molecule has 0 saturated heterocycles. The quantitative estimate of drug-likeness (QED) is 0.692. The fourth-order valence-corrected chi connectivity index (χ4v) is 1.88. The molecule has 0 aromatic heterocycles. The Bertz CT molecular complexity index is 225. The predicted molar refractivity (Wildman–Crippen MR) is 58.5 cm³/mol. The molecule has 0 saturated carbocycles. The Balaban J connectivity index is 2.85. The molecule has 0 unspecified atom stereocenters. The molecule has 1 heteroatoms. The van der Waals surface area contributed by atoms with E-state index in [-0.39, 0.29) is 6.04 Å². The second-order valence-electron chi connectivity index (χ2n) is 4.03. The zero-order chi connectivity index (χ0) is 9.84. The van der Waals surface area contributed by atoms with Gasteiger partial charge in [-0.25, -0.2) is 0 Å². The second kappa shape index (κ2) is 4.61. The minimum Gasteiger partial charge on any atom is -0.324 e. The smallest absolute Gasteiger partial charge is 0.0294 e. The van der Waals surface area contributed by atoms with Gasteiger partial charge in [0.2, 0.25) is 0 Å². The molecule has 0 aromatic rings. The minimum atomic E-state index is 0.277. The first-order valence-electron chi connectivity index (χ1n) is 5.29. The molecule has 13 heavy (non-hydrogen) atoms. The zero-order valence-electron chi connectivity index (χ0n) is 9.01. The van der Waals surface area contributed by atoms with Crippen molar-refractivity contribution in [3.8, 4) is 0 Å². The van der Waals surface area contributed by atoms with E-state index in [1.165, 1.54) is 17.6 Å². The van der Waals surface area contributed by atoms with Crippen LogP contribution in [0, 0.1) is 5.92 Å². The summed E-state index contributed by atoms with van der Waals surface area (Å²) in [6, 6.07) is 0.277. The molecule has 2 atom stereocenters. The molecule has 0 fully saturated rings. The molecule has 0 bridgehead atoms. The normalized spacial score (nSPS) is 30.2. The van der Waals surface area contributed by atoms with Crippen molar-refractivity contribution in [1.82, 2.24) is 0 Å². The fraction of sp³-hybridized carbons (Fsp3) is 0.667. The van der Waals surface area contributed by atoms with Crippen molar-refractivity contribution in [2.24, 2.45) is 11.7 Å². The van der Waals surface area contributed by atoms with Crippen LogP contribution in [0.2, 0.25) is 0 Å². The summed E-state index contributed by atoms with van der Waals surface area (Å²) in [6.45, 7) is 6.67. The maximum Gasteiger partial charge on any atom is 0.0294 e. The maximum absolute atomic E-state index is 6.06. The summed E-state index contributed by atoms with van der Waals surface area (Å²) >= 11 is 0. The summed E-state index contributed by atoms with van der Waals surface area (Å²) < 4.78 is 0. The molecule has 1 aliphatic carbocycles. The van der Waals surface area contributed by atoms with Crippen LogP contribution in [0.5, 0.6) is 0 Å². The van der Waals surface area contributed by atoms with Gasteiger partial charge in [0.25, 0.3) is 0 Å². The first-order valence-corrected chi connectivity index (χ1v) is 5.29. The Hall–Kier alpha value is -0.560. The van der Waals surface area contributed by atoms with Crippen LogP contribution in [0.15, 0.2) is 23.3 Å². The van der Waals surface area contributed by atoms with Crippen LogP contribution in [0.25, 0.3) is 0 Å². The van der Waals surface area contributed by atoms with E-state index in [9.17, 15) is 0 Å². The molecular weight excluding hydrogens is 158 g/mol. The standard InChI is InChI=1S/C12H21N/c1-4-5-6-11-10(3)9(2)7-8-12(11)13/h5-6,9,12H,4,7-8,13H2,1-3H3/b6-5-/t9-,12+/m1/s1. The lowest BCUT2D eigenvalue weighted by Gasteiger charge is -2.27. The minimum absolute atomic E-state index is 0.277. The van der Waals surface area contributed by atoms with Gasteiger partial charge in [0, 0.05) is 6.04 Å². The van der Waals surface area contributed by atoms with Crippen LogP contribution in [-0.4, -0.2) is 6.04 Å². The van der Waals surface area contributed by atoms with Gasteiger partial charge in [-0.15, -0.1) is 0 Å². The maximum atomic E-state index is 6.06. The number of nitrogens with two attached hydrogens (primary N) is 1. The third kappa shape index (κ3) is 2.44. The zero-order valence-corrected chi connectivity index (χ0v) is 9.01. The first kappa shape index (κ1) is 10.5. The van der Waals surface area contributed by atoms with E-state index >= 15 is 0 Å². The highest BCUT2D eigenvalue weighted by Gasteiger charge is 2.20. The molecule has 1 rings (SSSR count). The predicted octanol–water partition coefficient (Wildman–Crippen LogP) is 3.03. The summed E-state index contributed by atoms with van der Waals surface area (Å²) in [5, 5.41) is 0. The molecule has 1 aliphatic rings. The van der Waals surface area contributed by atoms with Crippen molar-refractivity contribution < 1.29 is 0 Å². The van der Waals surface area contributed by atoms with Gasteiger partial charge in [0.1, 0.15) is 0 Å². The average Bonchev–Trinajstić information content (AvgIpc) is 2.12. The summed E-state index contributed by atoms with van der Waals surface area (Å²) in [7, 11) is 0. The molecule has 74 valence electrons. The Labute approximate surface area is 81.7 Å². The van der Waals surface area contributed by atoms with Gasteiger partial charge in [-0.2, -0.15) is 0 Å². The van der Waals surface area contributed by atoms with Gasteiger partial charge in [-0.3, -0.25) is 0 Å². The SMILES string of the molecule is CC/C=C\C1=C(C)[C@H](C)CC[C@@H]1N. The summed E-state index contributed by atoms with van der Waals surface area (Å²) in [5.41, 5.74) is 8.93. The number of hydrogen-bond donors (Lipinski definition) is 1. The number of rotatable bonds is 2. The van der Waals surface area contributed by atoms with E-state index in [1.807, 2.05) is 0 Å². The van der Waals surface area contributed by atoms with Gasteiger partial charge in [-0.1, -0.05) is 31.6 Å². The van der Waals surface area contributed by atoms with Crippen LogP contribution in [-0.2, 0) is 0 Å².